The molecule has 0 aromatic rings. The van der Waals surface area contributed by atoms with E-state index in [0.717, 1.165) is 0 Å². The molecule has 1 aliphatic rings. The second-order valence-corrected chi connectivity index (χ2v) is 5.63. The molecule has 0 atom stereocenters. The van der Waals surface area contributed by atoms with Gasteiger partial charge in [0.25, 0.3) is 0 Å². The standard InChI is InChI=1S/C18H32/c1-2-4-6-8-10-12-14-16-18-17-15-13-11-9-7-5-3-1/h1-2,9,11H,3-8,10,12-18H2/b2-1+,11-9?. The van der Waals surface area contributed by atoms with Crippen LogP contribution < -0.4 is 0 Å². The van der Waals surface area contributed by atoms with Crippen molar-refractivity contribution >= 4 is 0 Å². The van der Waals surface area contributed by atoms with E-state index in [1.807, 2.05) is 0 Å². The molecule has 0 fully saturated rings. The van der Waals surface area contributed by atoms with Crippen molar-refractivity contribution in [3.63, 3.8) is 0 Å². The van der Waals surface area contributed by atoms with Crippen LogP contribution in [0.3, 0.4) is 0 Å². The molecule has 0 N–H and O–H groups in total. The van der Waals surface area contributed by atoms with Crippen molar-refractivity contribution in [2.75, 3.05) is 0 Å². The zero-order valence-corrected chi connectivity index (χ0v) is 12.2. The van der Waals surface area contributed by atoms with E-state index in [1.54, 1.807) is 0 Å². The second-order valence-electron chi connectivity index (χ2n) is 5.63. The van der Waals surface area contributed by atoms with Crippen LogP contribution in [0.2, 0.25) is 0 Å². The summed E-state index contributed by atoms with van der Waals surface area (Å²) in [4.78, 5) is 0. The quantitative estimate of drug-likeness (QED) is 0.425. The zero-order valence-electron chi connectivity index (χ0n) is 12.2. The van der Waals surface area contributed by atoms with Crippen LogP contribution >= 0.6 is 0 Å². The van der Waals surface area contributed by atoms with Crippen LogP contribution in [0.4, 0.5) is 0 Å². The van der Waals surface area contributed by atoms with E-state index in [2.05, 4.69) is 24.3 Å². The maximum atomic E-state index is 2.40. The lowest BCUT2D eigenvalue weighted by atomic mass is 10.0. The molecule has 0 aliphatic heterocycles. The Morgan fingerprint density at radius 3 is 0.944 bits per heavy atom. The lowest BCUT2D eigenvalue weighted by molar-refractivity contribution is 0.561. The van der Waals surface area contributed by atoms with Gasteiger partial charge in [-0.2, -0.15) is 0 Å². The smallest absolute Gasteiger partial charge is 0.0348 e. The number of hydrogen-bond acceptors (Lipinski definition) is 0. The van der Waals surface area contributed by atoms with Gasteiger partial charge >= 0.3 is 0 Å². The van der Waals surface area contributed by atoms with E-state index < -0.39 is 0 Å². The van der Waals surface area contributed by atoms with Gasteiger partial charge in [-0.05, 0) is 44.9 Å². The summed E-state index contributed by atoms with van der Waals surface area (Å²) in [5, 5.41) is 0. The third kappa shape index (κ3) is 10.6. The van der Waals surface area contributed by atoms with Crippen LogP contribution in [0.15, 0.2) is 24.3 Å². The summed E-state index contributed by atoms with van der Waals surface area (Å²) < 4.78 is 0. The largest absolute Gasteiger partial charge is 0.0885 e. The van der Waals surface area contributed by atoms with E-state index in [0.29, 0.717) is 0 Å². The molecule has 0 radical (unpaired) electrons. The van der Waals surface area contributed by atoms with Gasteiger partial charge < -0.3 is 0 Å². The molecule has 0 aromatic heterocycles. The first-order valence-electron chi connectivity index (χ1n) is 8.30. The first-order valence-corrected chi connectivity index (χ1v) is 8.30. The van der Waals surface area contributed by atoms with E-state index in [-0.39, 0.29) is 0 Å². The molecule has 0 saturated heterocycles. The van der Waals surface area contributed by atoms with Crippen molar-refractivity contribution < 1.29 is 0 Å². The van der Waals surface area contributed by atoms with Gasteiger partial charge in [0.05, 0.1) is 0 Å². The molecule has 1 rings (SSSR count). The topological polar surface area (TPSA) is 0 Å². The highest BCUT2D eigenvalue weighted by atomic mass is 14.0. The van der Waals surface area contributed by atoms with E-state index in [1.165, 1.54) is 89.9 Å². The van der Waals surface area contributed by atoms with Crippen molar-refractivity contribution in [3.8, 4) is 0 Å². The molecule has 0 nitrogen and oxygen atoms in total. The first-order chi connectivity index (χ1) is 9.00. The molecule has 0 heteroatoms. The third-order valence-electron chi connectivity index (χ3n) is 3.82. The van der Waals surface area contributed by atoms with Gasteiger partial charge in [0, 0.05) is 0 Å². The average Bonchev–Trinajstić information content (AvgIpc) is 2.39. The molecule has 0 heterocycles. The Hall–Kier alpha value is -0.520. The maximum Gasteiger partial charge on any atom is -0.0348 e. The van der Waals surface area contributed by atoms with Crippen molar-refractivity contribution in [2.45, 2.75) is 89.9 Å². The van der Waals surface area contributed by atoms with Crippen molar-refractivity contribution in [3.05, 3.63) is 24.3 Å². The predicted molar refractivity (Wildman–Crippen MR) is 82.9 cm³/mol. The molecule has 18 heavy (non-hydrogen) atoms. The fourth-order valence-electron chi connectivity index (χ4n) is 2.59. The Morgan fingerprint density at radius 2 is 0.556 bits per heavy atom. The van der Waals surface area contributed by atoms with Crippen molar-refractivity contribution in [1.82, 2.24) is 0 Å². The predicted octanol–water partition coefficient (Wildman–Crippen LogP) is 6.57. The summed E-state index contributed by atoms with van der Waals surface area (Å²) in [7, 11) is 0. The SMILES string of the molecule is C1=CCCCCCCCCCCC/C=C/CCC1. The minimum absolute atomic E-state index is 1.27. The van der Waals surface area contributed by atoms with Gasteiger partial charge in [-0.25, -0.2) is 0 Å². The van der Waals surface area contributed by atoms with Crippen molar-refractivity contribution in [2.24, 2.45) is 0 Å². The molecule has 0 saturated carbocycles. The second kappa shape index (κ2) is 12.9. The maximum absolute atomic E-state index is 2.40. The van der Waals surface area contributed by atoms with E-state index >= 15 is 0 Å². The molecule has 0 aromatic carbocycles. The Morgan fingerprint density at radius 1 is 0.278 bits per heavy atom. The lowest BCUT2D eigenvalue weighted by Crippen LogP contribution is -1.82. The van der Waals surface area contributed by atoms with Crippen LogP contribution in [0.1, 0.15) is 89.9 Å². The lowest BCUT2D eigenvalue weighted by Gasteiger charge is -2.02. The Kier molecular flexibility index (Phi) is 11.2. The van der Waals surface area contributed by atoms with Gasteiger partial charge in [-0.3, -0.25) is 0 Å². The average molecular weight is 248 g/mol. The van der Waals surface area contributed by atoms with Crippen LogP contribution in [-0.2, 0) is 0 Å². The number of hydrogen-bond donors (Lipinski definition) is 0. The van der Waals surface area contributed by atoms with Gasteiger partial charge in [0.1, 0.15) is 0 Å². The molecule has 0 spiro atoms. The minimum atomic E-state index is 1.27. The van der Waals surface area contributed by atoms with Crippen molar-refractivity contribution in [1.29, 1.82) is 0 Å². The summed E-state index contributed by atoms with van der Waals surface area (Å²) in [6.07, 6.45) is 29.0. The number of allylic oxidation sites excluding steroid dienone is 4. The van der Waals surface area contributed by atoms with Crippen LogP contribution in [0.5, 0.6) is 0 Å². The third-order valence-corrected chi connectivity index (χ3v) is 3.82. The molecule has 1 aliphatic carbocycles. The molecule has 0 unspecified atom stereocenters. The Balaban J connectivity index is 2.12. The fourth-order valence-corrected chi connectivity index (χ4v) is 2.59. The van der Waals surface area contributed by atoms with Crippen LogP contribution in [0.25, 0.3) is 0 Å². The van der Waals surface area contributed by atoms with E-state index in [9.17, 15) is 0 Å². The van der Waals surface area contributed by atoms with Crippen LogP contribution in [-0.4, -0.2) is 0 Å². The van der Waals surface area contributed by atoms with Gasteiger partial charge in [0.15, 0.2) is 0 Å². The Labute approximate surface area is 115 Å². The van der Waals surface area contributed by atoms with Gasteiger partial charge in [-0.1, -0.05) is 69.2 Å². The molecular formula is C18H32. The summed E-state index contributed by atoms with van der Waals surface area (Å²) in [5.74, 6) is 0. The molecule has 0 amide bonds. The normalized spacial score (nSPS) is 24.0. The zero-order chi connectivity index (χ0) is 12.7. The minimum Gasteiger partial charge on any atom is -0.0885 e. The molecule has 0 bridgehead atoms. The van der Waals surface area contributed by atoms with Gasteiger partial charge in [-0.15, -0.1) is 0 Å². The summed E-state index contributed by atoms with van der Waals surface area (Å²) >= 11 is 0. The van der Waals surface area contributed by atoms with Crippen LogP contribution in [0, 0.1) is 0 Å². The summed E-state index contributed by atoms with van der Waals surface area (Å²) in [6.45, 7) is 0. The fraction of sp³-hybridized carbons (Fsp3) is 0.778. The van der Waals surface area contributed by atoms with E-state index in [4.69, 9.17) is 0 Å². The summed E-state index contributed by atoms with van der Waals surface area (Å²) in [6, 6.07) is 0. The highest BCUT2D eigenvalue weighted by Crippen LogP contribution is 2.12. The Bertz CT molecular complexity index is 190. The monoisotopic (exact) mass is 248 g/mol. The highest BCUT2D eigenvalue weighted by Gasteiger charge is 1.92. The highest BCUT2D eigenvalue weighted by molar-refractivity contribution is 4.85. The summed E-state index contributed by atoms with van der Waals surface area (Å²) in [5.41, 5.74) is 0. The first kappa shape index (κ1) is 15.5. The molecule has 104 valence electrons. The number of rotatable bonds is 0. The van der Waals surface area contributed by atoms with Gasteiger partial charge in [0.2, 0.25) is 0 Å². The molecular weight excluding hydrogens is 216 g/mol.